The Balaban J connectivity index is 1.32. The lowest BCUT2D eigenvalue weighted by Gasteiger charge is -2.19. The molecule has 0 radical (unpaired) electrons. The molecule has 7 nitrogen and oxygen atoms in total. The molecule has 0 atom stereocenters. The molecule has 200 valence electrons. The number of nitrogens with one attached hydrogen (secondary N) is 1. The molecular weight excluding hydrogens is 511 g/mol. The number of amides is 1. The average molecular weight is 543 g/mol. The van der Waals surface area contributed by atoms with Gasteiger partial charge in [-0.25, -0.2) is 14.4 Å². The predicted octanol–water partition coefficient (Wildman–Crippen LogP) is 6.20. The van der Waals surface area contributed by atoms with E-state index in [9.17, 15) is 4.79 Å². The van der Waals surface area contributed by atoms with Crippen LogP contribution < -0.4 is 5.32 Å². The summed E-state index contributed by atoms with van der Waals surface area (Å²) < 4.78 is 17.1. The van der Waals surface area contributed by atoms with Crippen molar-refractivity contribution < 1.29 is 9.18 Å². The first-order valence-electron chi connectivity index (χ1n) is 12.7. The lowest BCUT2D eigenvalue weighted by atomic mass is 9.93. The number of fused-ring (bicyclic) bond motifs is 1. The fraction of sp³-hybridized carbons (Fsp3) is 0.267. The first-order chi connectivity index (χ1) is 18.6. The molecule has 9 heteroatoms. The Hall–Kier alpha value is -3.95. The quantitative estimate of drug-likeness (QED) is 0.265. The molecule has 39 heavy (non-hydrogen) atoms. The summed E-state index contributed by atoms with van der Waals surface area (Å²) in [6.07, 6.45) is 7.08. The molecule has 0 fully saturated rings. The molecule has 5 rings (SSSR count). The van der Waals surface area contributed by atoms with Gasteiger partial charge in [0.25, 0.3) is 0 Å². The van der Waals surface area contributed by atoms with E-state index in [1.165, 1.54) is 17.4 Å². The largest absolute Gasteiger partial charge is 0.304 e. The lowest BCUT2D eigenvalue weighted by Crippen LogP contribution is -2.17. The maximum atomic E-state index is 15.2. The van der Waals surface area contributed by atoms with Crippen LogP contribution in [0.3, 0.4) is 0 Å². The summed E-state index contributed by atoms with van der Waals surface area (Å²) in [6, 6.07) is 12.8. The van der Waals surface area contributed by atoms with Crippen LogP contribution >= 0.6 is 11.3 Å². The minimum absolute atomic E-state index is 0.0813. The summed E-state index contributed by atoms with van der Waals surface area (Å²) in [5.74, 6) is -0.737. The topological polar surface area (TPSA) is 75.4 Å². The summed E-state index contributed by atoms with van der Waals surface area (Å²) in [4.78, 5) is 29.3. The Morgan fingerprint density at radius 3 is 2.51 bits per heavy atom. The van der Waals surface area contributed by atoms with Gasteiger partial charge in [0.1, 0.15) is 11.5 Å². The van der Waals surface area contributed by atoms with Gasteiger partial charge >= 0.3 is 0 Å². The molecule has 4 aromatic heterocycles. The van der Waals surface area contributed by atoms with Gasteiger partial charge in [-0.05, 0) is 66.5 Å². The molecule has 0 aliphatic heterocycles. The number of carbonyl (C=O) groups excluding carboxylic acids is 1. The molecule has 1 amide bonds. The van der Waals surface area contributed by atoms with Gasteiger partial charge in [-0.3, -0.25) is 14.2 Å². The van der Waals surface area contributed by atoms with E-state index in [0.717, 1.165) is 33.0 Å². The van der Waals surface area contributed by atoms with Crippen LogP contribution in [-0.2, 0) is 23.2 Å². The third-order valence-electron chi connectivity index (χ3n) is 6.32. The van der Waals surface area contributed by atoms with Crippen molar-refractivity contribution >= 4 is 28.0 Å². The number of benzene rings is 1. The van der Waals surface area contributed by atoms with Gasteiger partial charge in [0.2, 0.25) is 5.91 Å². The van der Waals surface area contributed by atoms with Crippen LogP contribution in [-0.4, -0.2) is 44.3 Å². The molecule has 1 aromatic carbocycles. The average Bonchev–Trinajstić information content (AvgIpc) is 3.49. The number of halogens is 1. The van der Waals surface area contributed by atoms with Crippen molar-refractivity contribution in [1.29, 1.82) is 0 Å². The molecule has 0 saturated heterocycles. The summed E-state index contributed by atoms with van der Waals surface area (Å²) in [5, 5.41) is 3.41. The maximum absolute atomic E-state index is 15.2. The Kier molecular flexibility index (Phi) is 7.29. The zero-order valence-corrected chi connectivity index (χ0v) is 23.5. The van der Waals surface area contributed by atoms with Crippen LogP contribution in [0.2, 0.25) is 0 Å². The second-order valence-electron chi connectivity index (χ2n) is 10.8. The molecule has 0 saturated carbocycles. The van der Waals surface area contributed by atoms with Gasteiger partial charge in [0.15, 0.2) is 5.13 Å². The zero-order valence-electron chi connectivity index (χ0n) is 22.7. The number of pyridine rings is 2. The summed E-state index contributed by atoms with van der Waals surface area (Å²) >= 11 is 1.48. The smallest absolute Gasteiger partial charge is 0.230 e. The molecule has 0 bridgehead atoms. The highest BCUT2D eigenvalue weighted by Crippen LogP contribution is 2.34. The second kappa shape index (κ2) is 10.7. The van der Waals surface area contributed by atoms with Crippen molar-refractivity contribution in [1.82, 2.24) is 24.3 Å². The molecule has 4 heterocycles. The van der Waals surface area contributed by atoms with Gasteiger partial charge in [-0.2, -0.15) is 0 Å². The highest BCUT2D eigenvalue weighted by atomic mass is 32.1. The zero-order chi connectivity index (χ0) is 27.7. The van der Waals surface area contributed by atoms with Gasteiger partial charge in [0, 0.05) is 35.6 Å². The lowest BCUT2D eigenvalue weighted by molar-refractivity contribution is -0.115. The number of anilines is 1. The first-order valence-corrected chi connectivity index (χ1v) is 13.5. The van der Waals surface area contributed by atoms with Crippen LogP contribution in [0.4, 0.5) is 9.52 Å². The molecule has 0 aliphatic carbocycles. The van der Waals surface area contributed by atoms with Crippen LogP contribution in [0.15, 0.2) is 67.3 Å². The number of carbonyl (C=O) groups is 1. The molecule has 1 N–H and O–H groups in total. The van der Waals surface area contributed by atoms with Crippen molar-refractivity contribution in [2.24, 2.45) is 0 Å². The highest BCUT2D eigenvalue weighted by Gasteiger charge is 2.24. The van der Waals surface area contributed by atoms with Crippen LogP contribution in [0, 0.1) is 5.82 Å². The maximum Gasteiger partial charge on any atom is 0.230 e. The van der Waals surface area contributed by atoms with Gasteiger partial charge in [-0.15, -0.1) is 11.3 Å². The minimum Gasteiger partial charge on any atom is -0.304 e. The number of thiazole rings is 1. The van der Waals surface area contributed by atoms with Crippen molar-refractivity contribution in [2.45, 2.75) is 39.2 Å². The van der Waals surface area contributed by atoms with E-state index in [1.807, 2.05) is 55.0 Å². The van der Waals surface area contributed by atoms with Crippen molar-refractivity contribution in [3.05, 3.63) is 89.2 Å². The van der Waals surface area contributed by atoms with Gasteiger partial charge in [0.05, 0.1) is 24.0 Å². The number of nitrogens with zero attached hydrogens (tertiary/aromatic N) is 5. The molecular formula is C30H31FN6OS. The summed E-state index contributed by atoms with van der Waals surface area (Å²) in [5.41, 5.74) is 5.47. The second-order valence-corrected chi connectivity index (χ2v) is 11.8. The van der Waals surface area contributed by atoms with Gasteiger partial charge in [-0.1, -0.05) is 32.9 Å². The Morgan fingerprint density at radius 2 is 1.82 bits per heavy atom. The summed E-state index contributed by atoms with van der Waals surface area (Å²) in [7, 11) is 3.98. The van der Waals surface area contributed by atoms with Crippen LogP contribution in [0.1, 0.15) is 36.9 Å². The monoisotopic (exact) mass is 542 g/mol. The Morgan fingerprint density at radius 1 is 1.05 bits per heavy atom. The Bertz CT molecular complexity index is 1630. The molecule has 0 spiro atoms. The van der Waals surface area contributed by atoms with E-state index < -0.39 is 5.82 Å². The number of hydrogen-bond acceptors (Lipinski definition) is 6. The first kappa shape index (κ1) is 26.6. The van der Waals surface area contributed by atoms with Crippen molar-refractivity contribution in [3.8, 4) is 22.4 Å². The highest BCUT2D eigenvalue weighted by molar-refractivity contribution is 7.16. The third kappa shape index (κ3) is 5.89. The van der Waals surface area contributed by atoms with Gasteiger partial charge < -0.3 is 10.2 Å². The van der Waals surface area contributed by atoms with Crippen molar-refractivity contribution in [3.63, 3.8) is 0 Å². The van der Waals surface area contributed by atoms with Crippen LogP contribution in [0.5, 0.6) is 0 Å². The van der Waals surface area contributed by atoms with E-state index in [4.69, 9.17) is 0 Å². The fourth-order valence-corrected chi connectivity index (χ4v) is 5.55. The Labute approximate surface area is 231 Å². The predicted molar refractivity (Wildman–Crippen MR) is 154 cm³/mol. The number of hydrogen-bond donors (Lipinski definition) is 1. The molecule has 5 aromatic rings. The van der Waals surface area contributed by atoms with Crippen molar-refractivity contribution in [2.75, 3.05) is 19.4 Å². The van der Waals surface area contributed by atoms with E-state index >= 15 is 4.39 Å². The van der Waals surface area contributed by atoms with E-state index in [0.29, 0.717) is 22.8 Å². The fourth-order valence-electron chi connectivity index (χ4n) is 4.50. The standard InChI is InChI=1S/C30H31FN6OS/c1-30(2,3)28-24(18-36(4)5)34-29(39-28)35-27(38)16-21-6-7-22(14-23(21)31)25-17-33-26-15-20(10-13-37(25)26)19-8-11-32-12-9-19/h6-15,17H,16,18H2,1-5H3,(H,34,35,38). The normalized spacial score (nSPS) is 11.9. The summed E-state index contributed by atoms with van der Waals surface area (Å²) in [6.45, 7) is 7.08. The van der Waals surface area contributed by atoms with Crippen LogP contribution in [0.25, 0.3) is 28.0 Å². The number of aromatic nitrogens is 4. The van der Waals surface area contributed by atoms with E-state index in [1.54, 1.807) is 24.7 Å². The SMILES string of the molecule is CN(C)Cc1nc(NC(=O)Cc2ccc(-c3cnc4cc(-c5ccncc5)ccn34)cc2F)sc1C(C)(C)C. The minimum atomic E-state index is -0.436. The number of rotatable bonds is 7. The molecule has 0 unspecified atom stereocenters. The van der Waals surface area contributed by atoms with E-state index in [2.05, 4.69) is 45.9 Å². The molecule has 0 aliphatic rings. The number of imidazole rings is 1. The third-order valence-corrected chi connectivity index (χ3v) is 7.76. The van der Waals surface area contributed by atoms with E-state index in [-0.39, 0.29) is 17.7 Å².